The van der Waals surface area contributed by atoms with E-state index in [0.29, 0.717) is 5.92 Å². The topological polar surface area (TPSA) is 6.48 Å². The fraction of sp³-hybridized carbons (Fsp3) is 0.647. The van der Waals surface area contributed by atoms with Gasteiger partial charge in [-0.3, -0.25) is 4.90 Å². The maximum absolute atomic E-state index is 2.65. The highest BCUT2D eigenvalue weighted by Gasteiger charge is 2.26. The van der Waals surface area contributed by atoms with Crippen molar-refractivity contribution in [3.05, 3.63) is 29.8 Å². The summed E-state index contributed by atoms with van der Waals surface area (Å²) >= 11 is 0. The first-order chi connectivity index (χ1) is 9.22. The van der Waals surface area contributed by atoms with Gasteiger partial charge in [0.1, 0.15) is 0 Å². The van der Waals surface area contributed by atoms with Crippen molar-refractivity contribution >= 4 is 5.69 Å². The van der Waals surface area contributed by atoms with Gasteiger partial charge in [-0.05, 0) is 42.4 Å². The number of hydrogen-bond acceptors (Lipinski definition) is 2. The molecule has 0 radical (unpaired) electrons. The summed E-state index contributed by atoms with van der Waals surface area (Å²) in [6.07, 6.45) is 2.94. The predicted molar refractivity (Wildman–Crippen MR) is 81.9 cm³/mol. The van der Waals surface area contributed by atoms with Gasteiger partial charge in [-0.1, -0.05) is 26.0 Å². The first kappa shape index (κ1) is 13.0. The van der Waals surface area contributed by atoms with Crippen molar-refractivity contribution in [2.45, 2.75) is 32.6 Å². The monoisotopic (exact) mass is 258 g/mol. The Labute approximate surface area is 117 Å². The van der Waals surface area contributed by atoms with Crippen LogP contribution >= 0.6 is 0 Å². The molecule has 0 aromatic heterocycles. The lowest BCUT2D eigenvalue weighted by molar-refractivity contribution is 0.248. The fourth-order valence-electron chi connectivity index (χ4n) is 2.93. The van der Waals surface area contributed by atoms with Crippen LogP contribution in [0.1, 0.15) is 38.2 Å². The summed E-state index contributed by atoms with van der Waals surface area (Å²) in [5.74, 6) is 1.65. The molecule has 1 aliphatic heterocycles. The van der Waals surface area contributed by atoms with Gasteiger partial charge in [-0.15, -0.1) is 0 Å². The summed E-state index contributed by atoms with van der Waals surface area (Å²) < 4.78 is 0. The molecule has 0 unspecified atom stereocenters. The van der Waals surface area contributed by atoms with E-state index in [1.807, 2.05) is 0 Å². The third-order valence-electron chi connectivity index (χ3n) is 4.49. The Bertz CT molecular complexity index is 415. The SMILES string of the molecule is CC(C)c1cccc(N2CCN(CC3CC3)CC2)c1. The van der Waals surface area contributed by atoms with Crippen LogP contribution in [0, 0.1) is 5.92 Å². The summed E-state index contributed by atoms with van der Waals surface area (Å²) in [6, 6.07) is 9.10. The average Bonchev–Trinajstić information content (AvgIpc) is 3.24. The van der Waals surface area contributed by atoms with Crippen molar-refractivity contribution in [3.63, 3.8) is 0 Å². The Balaban J connectivity index is 1.59. The Morgan fingerprint density at radius 2 is 1.84 bits per heavy atom. The minimum atomic E-state index is 0.621. The smallest absolute Gasteiger partial charge is 0.0369 e. The molecule has 2 nitrogen and oxygen atoms in total. The molecular weight excluding hydrogens is 232 g/mol. The van der Waals surface area contributed by atoms with Crippen molar-refractivity contribution in [2.24, 2.45) is 5.92 Å². The van der Waals surface area contributed by atoms with Gasteiger partial charge in [0.2, 0.25) is 0 Å². The fourth-order valence-corrected chi connectivity index (χ4v) is 2.93. The van der Waals surface area contributed by atoms with Gasteiger partial charge < -0.3 is 4.90 Å². The molecular formula is C17H26N2. The summed E-state index contributed by atoms with van der Waals surface area (Å²) in [5.41, 5.74) is 2.87. The summed E-state index contributed by atoms with van der Waals surface area (Å²) in [4.78, 5) is 5.20. The van der Waals surface area contributed by atoms with E-state index in [1.54, 1.807) is 0 Å². The van der Waals surface area contributed by atoms with Crippen LogP contribution in [0.15, 0.2) is 24.3 Å². The van der Waals surface area contributed by atoms with Crippen molar-refractivity contribution in [2.75, 3.05) is 37.6 Å². The molecule has 3 rings (SSSR count). The molecule has 1 saturated carbocycles. The van der Waals surface area contributed by atoms with Gasteiger partial charge in [0, 0.05) is 38.4 Å². The van der Waals surface area contributed by atoms with Gasteiger partial charge in [0.05, 0.1) is 0 Å². The van der Waals surface area contributed by atoms with Crippen LogP contribution in [0.4, 0.5) is 5.69 Å². The molecule has 2 fully saturated rings. The second-order valence-corrected chi connectivity index (χ2v) is 6.48. The number of rotatable bonds is 4. The zero-order chi connectivity index (χ0) is 13.2. The largest absolute Gasteiger partial charge is 0.369 e. The third-order valence-corrected chi connectivity index (χ3v) is 4.49. The molecule has 1 aromatic rings. The maximum atomic E-state index is 2.65. The first-order valence-corrected chi connectivity index (χ1v) is 7.79. The van der Waals surface area contributed by atoms with Gasteiger partial charge in [-0.25, -0.2) is 0 Å². The molecule has 0 spiro atoms. The van der Waals surface area contributed by atoms with E-state index >= 15 is 0 Å². The summed E-state index contributed by atoms with van der Waals surface area (Å²) in [7, 11) is 0. The molecule has 1 heterocycles. The van der Waals surface area contributed by atoms with Gasteiger partial charge in [0.15, 0.2) is 0 Å². The molecule has 1 saturated heterocycles. The average molecular weight is 258 g/mol. The summed E-state index contributed by atoms with van der Waals surface area (Å²) in [5, 5.41) is 0. The van der Waals surface area contributed by atoms with E-state index < -0.39 is 0 Å². The molecule has 0 bridgehead atoms. The lowest BCUT2D eigenvalue weighted by Gasteiger charge is -2.36. The molecule has 2 aliphatic rings. The number of benzene rings is 1. The molecule has 0 N–H and O–H groups in total. The Hall–Kier alpha value is -1.02. The Morgan fingerprint density at radius 3 is 2.47 bits per heavy atom. The second kappa shape index (κ2) is 5.54. The molecule has 19 heavy (non-hydrogen) atoms. The molecule has 0 amide bonds. The number of anilines is 1. The van der Waals surface area contributed by atoms with Gasteiger partial charge in [-0.2, -0.15) is 0 Å². The standard InChI is InChI=1S/C17H26N2/c1-14(2)16-4-3-5-17(12-16)19-10-8-18(9-11-19)13-15-6-7-15/h3-5,12,14-15H,6-11,13H2,1-2H3. The highest BCUT2D eigenvalue weighted by Crippen LogP contribution is 2.30. The van der Waals surface area contributed by atoms with Crippen LogP contribution in [0.3, 0.4) is 0 Å². The van der Waals surface area contributed by atoms with E-state index in [9.17, 15) is 0 Å². The number of hydrogen-bond donors (Lipinski definition) is 0. The van der Waals surface area contributed by atoms with Crippen molar-refractivity contribution < 1.29 is 0 Å². The van der Waals surface area contributed by atoms with Crippen molar-refractivity contribution in [1.82, 2.24) is 4.90 Å². The van der Waals surface area contributed by atoms with Crippen LogP contribution in [0.2, 0.25) is 0 Å². The lowest BCUT2D eigenvalue weighted by Crippen LogP contribution is -2.47. The summed E-state index contributed by atoms with van der Waals surface area (Å²) in [6.45, 7) is 10.7. The van der Waals surface area contributed by atoms with Crippen molar-refractivity contribution in [3.8, 4) is 0 Å². The van der Waals surface area contributed by atoms with Crippen molar-refractivity contribution in [1.29, 1.82) is 0 Å². The van der Waals surface area contributed by atoms with E-state index in [0.717, 1.165) is 5.92 Å². The highest BCUT2D eigenvalue weighted by molar-refractivity contribution is 5.49. The molecule has 1 aliphatic carbocycles. The first-order valence-electron chi connectivity index (χ1n) is 7.79. The Kier molecular flexibility index (Phi) is 3.79. The zero-order valence-corrected chi connectivity index (χ0v) is 12.3. The lowest BCUT2D eigenvalue weighted by atomic mass is 10.0. The molecule has 1 aromatic carbocycles. The van der Waals surface area contributed by atoms with E-state index in [4.69, 9.17) is 0 Å². The molecule has 2 heteroatoms. The van der Waals surface area contributed by atoms with Gasteiger partial charge >= 0.3 is 0 Å². The quantitative estimate of drug-likeness (QED) is 0.817. The second-order valence-electron chi connectivity index (χ2n) is 6.48. The normalized spacial score (nSPS) is 21.1. The van der Waals surface area contributed by atoms with Crippen LogP contribution < -0.4 is 4.90 Å². The Morgan fingerprint density at radius 1 is 1.11 bits per heavy atom. The van der Waals surface area contributed by atoms with Crippen LogP contribution in [-0.4, -0.2) is 37.6 Å². The van der Waals surface area contributed by atoms with E-state index in [2.05, 4.69) is 47.9 Å². The zero-order valence-electron chi connectivity index (χ0n) is 12.3. The minimum Gasteiger partial charge on any atom is -0.369 e. The predicted octanol–water partition coefficient (Wildman–Crippen LogP) is 3.34. The van der Waals surface area contributed by atoms with Gasteiger partial charge in [0.25, 0.3) is 0 Å². The van der Waals surface area contributed by atoms with E-state index in [-0.39, 0.29) is 0 Å². The highest BCUT2D eigenvalue weighted by atomic mass is 15.3. The number of nitrogens with zero attached hydrogens (tertiary/aromatic N) is 2. The van der Waals surface area contributed by atoms with Crippen LogP contribution in [-0.2, 0) is 0 Å². The number of piperazine rings is 1. The molecule has 0 atom stereocenters. The van der Waals surface area contributed by atoms with E-state index in [1.165, 1.54) is 56.8 Å². The molecule has 104 valence electrons. The third kappa shape index (κ3) is 3.30. The maximum Gasteiger partial charge on any atom is 0.0369 e. The van der Waals surface area contributed by atoms with Crippen LogP contribution in [0.5, 0.6) is 0 Å². The minimum absolute atomic E-state index is 0.621. The van der Waals surface area contributed by atoms with Crippen LogP contribution in [0.25, 0.3) is 0 Å².